The van der Waals surface area contributed by atoms with Gasteiger partial charge in [-0.15, -0.1) is 0 Å². The Morgan fingerprint density at radius 3 is 2.40 bits per heavy atom. The zero-order chi connectivity index (χ0) is 41.9. The monoisotopic (exact) mass is 855 g/mol. The van der Waals surface area contributed by atoms with Gasteiger partial charge in [-0.05, 0) is 112 Å². The van der Waals surface area contributed by atoms with Crippen LogP contribution in [0.2, 0.25) is 5.02 Å². The topological polar surface area (TPSA) is 120 Å². The van der Waals surface area contributed by atoms with Gasteiger partial charge in [0.1, 0.15) is 17.6 Å². The Bertz CT molecular complexity index is 2600. The first kappa shape index (κ1) is 39.0. The van der Waals surface area contributed by atoms with Crippen molar-refractivity contribution in [2.24, 2.45) is 0 Å². The molecule has 5 fully saturated rings. The minimum absolute atomic E-state index is 0.0395. The van der Waals surface area contributed by atoms with Crippen LogP contribution in [-0.4, -0.2) is 118 Å². The van der Waals surface area contributed by atoms with E-state index in [0.717, 1.165) is 126 Å². The number of nitrogens with zero attached hydrogens (tertiary/aromatic N) is 6. The average molecular weight is 856 g/mol. The number of likely N-dealkylation sites (tertiary alicyclic amines) is 3. The van der Waals surface area contributed by atoms with E-state index in [1.807, 2.05) is 18.2 Å². The van der Waals surface area contributed by atoms with Gasteiger partial charge in [-0.25, -0.2) is 0 Å². The third-order valence-corrected chi connectivity index (χ3v) is 16.8. The number of ether oxygens (including phenoxy) is 1. The van der Waals surface area contributed by atoms with Gasteiger partial charge in [0.05, 0.1) is 40.2 Å². The summed E-state index contributed by atoms with van der Waals surface area (Å²) < 4.78 is 8.70. The molecule has 8 heterocycles. The number of halogens is 1. The number of piperidine rings is 3. The highest BCUT2D eigenvalue weighted by Gasteiger charge is 2.49. The summed E-state index contributed by atoms with van der Waals surface area (Å²) >= 11 is 6.63. The Labute approximate surface area is 366 Å². The predicted octanol–water partition coefficient (Wildman–Crippen LogP) is 5.65. The molecular weight excluding hydrogens is 802 g/mol. The van der Waals surface area contributed by atoms with Gasteiger partial charge < -0.3 is 14.5 Å². The molecule has 7 aliphatic heterocycles. The second-order valence-electron chi connectivity index (χ2n) is 19.6. The van der Waals surface area contributed by atoms with Crippen molar-refractivity contribution in [3.8, 4) is 11.4 Å². The van der Waals surface area contributed by atoms with E-state index < -0.39 is 6.04 Å². The van der Waals surface area contributed by atoms with Gasteiger partial charge in [0, 0.05) is 60.7 Å². The van der Waals surface area contributed by atoms with Crippen molar-refractivity contribution in [2.45, 2.75) is 106 Å². The average Bonchev–Trinajstić information content (AvgIpc) is 3.88. The molecule has 3 aromatic carbocycles. The molecule has 1 saturated carbocycles. The highest BCUT2D eigenvalue weighted by Crippen LogP contribution is 2.53. The lowest BCUT2D eigenvalue weighted by molar-refractivity contribution is -0.136. The molecule has 3 amide bonds. The SMILES string of the molecule is O=C1CC[C@H](N2Cc3c(ccc4c3OCC43CCN(CCN4CC(N5CCC(c6ccc7c(c6)-n6c(nc(=O)c8c(Cl)cccc86)C76CCCCC6)CC5)C4)CC3)C2=O)C(=O)N1. The molecule has 1 atom stereocenters. The summed E-state index contributed by atoms with van der Waals surface area (Å²) in [4.78, 5) is 65.5. The molecule has 0 unspecified atom stereocenters. The lowest BCUT2D eigenvalue weighted by Gasteiger charge is -2.48. The van der Waals surface area contributed by atoms with E-state index in [9.17, 15) is 19.2 Å². The fourth-order valence-electron chi connectivity index (χ4n) is 12.9. The van der Waals surface area contributed by atoms with E-state index in [1.54, 1.807) is 11.0 Å². The number of rotatable bonds is 6. The molecule has 12 nitrogen and oxygen atoms in total. The highest BCUT2D eigenvalue weighted by molar-refractivity contribution is 6.35. The van der Waals surface area contributed by atoms with Gasteiger partial charge in [-0.1, -0.05) is 55.1 Å². The fraction of sp³-hybridized carbons (Fsp3) is 0.531. The third-order valence-electron chi connectivity index (χ3n) is 16.5. The molecule has 13 heteroatoms. The van der Waals surface area contributed by atoms with E-state index in [4.69, 9.17) is 21.3 Å². The summed E-state index contributed by atoms with van der Waals surface area (Å²) in [6.07, 6.45) is 10.6. The maximum atomic E-state index is 13.4. The van der Waals surface area contributed by atoms with Crippen molar-refractivity contribution in [1.29, 1.82) is 0 Å². The lowest BCUT2D eigenvalue weighted by Crippen LogP contribution is -2.61. The molecule has 4 aromatic rings. The van der Waals surface area contributed by atoms with Crippen LogP contribution in [-0.2, 0) is 27.0 Å². The van der Waals surface area contributed by atoms with Crippen LogP contribution in [0.1, 0.15) is 115 Å². The zero-order valence-electron chi connectivity index (χ0n) is 35.3. The maximum absolute atomic E-state index is 13.4. The molecule has 1 aliphatic carbocycles. The minimum Gasteiger partial charge on any atom is -0.492 e. The zero-order valence-corrected chi connectivity index (χ0v) is 36.1. The Morgan fingerprint density at radius 2 is 1.61 bits per heavy atom. The summed E-state index contributed by atoms with van der Waals surface area (Å²) in [5.74, 6) is 1.46. The number of amides is 3. The Morgan fingerprint density at radius 1 is 0.839 bits per heavy atom. The quantitative estimate of drug-likeness (QED) is 0.246. The van der Waals surface area contributed by atoms with Gasteiger partial charge in [-0.2, -0.15) is 4.98 Å². The number of fused-ring (bicyclic) bond motifs is 11. The van der Waals surface area contributed by atoms with Crippen LogP contribution in [0, 0.1) is 0 Å². The maximum Gasteiger partial charge on any atom is 0.282 e. The minimum atomic E-state index is -0.622. The third kappa shape index (κ3) is 5.99. The Kier molecular flexibility index (Phi) is 9.26. The number of imide groups is 1. The van der Waals surface area contributed by atoms with Crippen molar-refractivity contribution in [1.82, 2.24) is 34.5 Å². The van der Waals surface area contributed by atoms with E-state index in [-0.39, 0.29) is 40.5 Å². The summed E-state index contributed by atoms with van der Waals surface area (Å²) in [7, 11) is 0. The first-order valence-electron chi connectivity index (χ1n) is 23.2. The fourth-order valence-corrected chi connectivity index (χ4v) is 13.1. The number of benzene rings is 3. The van der Waals surface area contributed by atoms with Crippen molar-refractivity contribution in [3.05, 3.63) is 97.5 Å². The molecular formula is C49H54ClN7O5. The summed E-state index contributed by atoms with van der Waals surface area (Å²) in [6, 6.07) is 17.0. The number of carbonyl (C=O) groups excluding carboxylic acids is 3. The second kappa shape index (κ2) is 14.7. The lowest BCUT2D eigenvalue weighted by atomic mass is 9.69. The van der Waals surface area contributed by atoms with Crippen LogP contribution in [0.5, 0.6) is 5.75 Å². The second-order valence-corrected chi connectivity index (χ2v) is 20.0. The molecule has 4 saturated heterocycles. The number of aromatic nitrogens is 2. The van der Waals surface area contributed by atoms with Crippen LogP contribution < -0.4 is 15.6 Å². The summed E-state index contributed by atoms with van der Waals surface area (Å²) in [6.45, 7) is 9.74. The van der Waals surface area contributed by atoms with E-state index >= 15 is 0 Å². The smallest absolute Gasteiger partial charge is 0.282 e. The van der Waals surface area contributed by atoms with Crippen LogP contribution in [0.4, 0.5) is 0 Å². The van der Waals surface area contributed by atoms with E-state index in [2.05, 4.69) is 48.8 Å². The van der Waals surface area contributed by atoms with Gasteiger partial charge in [-0.3, -0.25) is 38.9 Å². The Hall–Kier alpha value is -4.62. The van der Waals surface area contributed by atoms with Crippen molar-refractivity contribution in [2.75, 3.05) is 59.0 Å². The predicted molar refractivity (Wildman–Crippen MR) is 235 cm³/mol. The van der Waals surface area contributed by atoms with Crippen LogP contribution in [0.15, 0.2) is 53.3 Å². The number of hydrogen-bond acceptors (Lipinski definition) is 9. The summed E-state index contributed by atoms with van der Waals surface area (Å²) in [5, 5.41) is 3.39. The van der Waals surface area contributed by atoms with Crippen LogP contribution >= 0.6 is 11.6 Å². The van der Waals surface area contributed by atoms with Crippen molar-refractivity contribution >= 4 is 40.2 Å². The standard InChI is InChI=1S/C49H54ClN7O5/c50-37-5-4-6-38-42(37)45(60)52-47-49(15-2-1-3-16-49)35-9-7-31(25-40(35)57(38)47)30-13-19-55(20-14-30)32-26-54(27-32)24-23-53-21-17-48(18-22-53)29-62-43-34-28-56(39-11-12-41(58)51-44(39)59)46(61)33(34)8-10-36(43)48/h4-10,25,30,32,39H,1-3,11-24,26-29H2,(H,51,58,59)/t39-/m0/s1. The van der Waals surface area contributed by atoms with Gasteiger partial charge in [0.2, 0.25) is 11.8 Å². The number of carbonyl (C=O) groups is 3. The van der Waals surface area contributed by atoms with Gasteiger partial charge in [0.15, 0.2) is 0 Å². The van der Waals surface area contributed by atoms with Gasteiger partial charge in [0.25, 0.3) is 11.5 Å². The van der Waals surface area contributed by atoms with Crippen molar-refractivity contribution < 1.29 is 19.1 Å². The molecule has 2 spiro atoms. The first-order chi connectivity index (χ1) is 30.2. The molecule has 8 aliphatic rings. The molecule has 1 aromatic heterocycles. The van der Waals surface area contributed by atoms with Crippen molar-refractivity contribution in [3.63, 3.8) is 0 Å². The molecule has 322 valence electrons. The van der Waals surface area contributed by atoms with Crippen LogP contribution in [0.3, 0.4) is 0 Å². The molecule has 62 heavy (non-hydrogen) atoms. The Balaban J connectivity index is 0.646. The van der Waals surface area contributed by atoms with E-state index in [0.29, 0.717) is 47.5 Å². The number of hydrogen-bond donors (Lipinski definition) is 1. The molecule has 1 N–H and O–H groups in total. The molecule has 0 bridgehead atoms. The normalized spacial score (nSPS) is 24.9. The highest BCUT2D eigenvalue weighted by atomic mass is 35.5. The molecule has 12 rings (SSSR count). The van der Waals surface area contributed by atoms with Gasteiger partial charge >= 0.3 is 0 Å². The van der Waals surface area contributed by atoms with E-state index in [1.165, 1.54) is 28.8 Å². The molecule has 0 radical (unpaired) electrons. The van der Waals surface area contributed by atoms with Crippen LogP contribution in [0.25, 0.3) is 16.6 Å². The first-order valence-corrected chi connectivity index (χ1v) is 23.6. The number of nitrogens with one attached hydrogen (secondary N) is 1. The summed E-state index contributed by atoms with van der Waals surface area (Å²) in [5.41, 5.74) is 7.08. The largest absolute Gasteiger partial charge is 0.492 e.